The van der Waals surface area contributed by atoms with Crippen LogP contribution in [0.3, 0.4) is 0 Å². The number of hydrogen-bond donors (Lipinski definition) is 3. The van der Waals surface area contributed by atoms with E-state index in [0.717, 1.165) is 12.8 Å². The summed E-state index contributed by atoms with van der Waals surface area (Å²) >= 11 is 1.58. The summed E-state index contributed by atoms with van der Waals surface area (Å²) in [6.07, 6.45) is 2.89. The number of carbonyl (C=O) groups excluding carboxylic acids is 1. The Bertz CT molecular complexity index is 335. The van der Waals surface area contributed by atoms with Crippen LogP contribution in [0.5, 0.6) is 0 Å². The Morgan fingerprint density at radius 1 is 1.44 bits per heavy atom. The molecule has 4 N–H and O–H groups in total. The number of thioether (sulfide) groups is 1. The lowest BCUT2D eigenvalue weighted by Gasteiger charge is -2.27. The molecule has 1 aliphatic carbocycles. The number of carboxylic acid groups (broad SMARTS) is 1. The zero-order chi connectivity index (χ0) is 13.1. The van der Waals surface area contributed by atoms with Gasteiger partial charge in [-0.25, -0.2) is 9.59 Å². The molecule has 1 heterocycles. The Kier molecular flexibility index (Phi) is 4.34. The third-order valence-electron chi connectivity index (χ3n) is 3.24. The van der Waals surface area contributed by atoms with Crippen LogP contribution in [0, 0.1) is 5.92 Å². The van der Waals surface area contributed by atoms with E-state index in [9.17, 15) is 9.59 Å². The molecule has 6 nitrogen and oxygen atoms in total. The van der Waals surface area contributed by atoms with Gasteiger partial charge in [-0.2, -0.15) is 0 Å². The Labute approximate surface area is 110 Å². The zero-order valence-electron chi connectivity index (χ0n) is 10.2. The molecule has 18 heavy (non-hydrogen) atoms. The van der Waals surface area contributed by atoms with Gasteiger partial charge in [0.1, 0.15) is 6.04 Å². The number of nitrogens with one attached hydrogen (secondary N) is 1. The first-order valence-electron chi connectivity index (χ1n) is 6.25. The second kappa shape index (κ2) is 5.79. The first-order chi connectivity index (χ1) is 8.65. The molecule has 1 aliphatic heterocycles. The van der Waals surface area contributed by atoms with Crippen molar-refractivity contribution in [2.24, 2.45) is 11.7 Å². The lowest BCUT2D eigenvalue weighted by Crippen LogP contribution is -2.51. The normalized spacial score (nSPS) is 27.3. The van der Waals surface area contributed by atoms with Crippen LogP contribution in [0.4, 0.5) is 4.79 Å². The summed E-state index contributed by atoms with van der Waals surface area (Å²) in [6, 6.07) is -0.962. The summed E-state index contributed by atoms with van der Waals surface area (Å²) in [5, 5.41) is 12.0. The topological polar surface area (TPSA) is 95.7 Å². The fourth-order valence-corrected chi connectivity index (χ4v) is 3.74. The predicted octanol–water partition coefficient (Wildman–Crippen LogP) is 0.283. The number of amides is 2. The number of urea groups is 1. The molecule has 0 aromatic carbocycles. The number of rotatable bonds is 5. The Balaban J connectivity index is 1.98. The molecule has 1 saturated heterocycles. The SMILES string of the molecule is NCCCNC(=O)N1C(C(=O)O)CSC1C1CC1. The van der Waals surface area contributed by atoms with Crippen LogP contribution in [-0.4, -0.2) is 52.3 Å². The van der Waals surface area contributed by atoms with Gasteiger partial charge >= 0.3 is 12.0 Å². The van der Waals surface area contributed by atoms with Gasteiger partial charge in [0.25, 0.3) is 0 Å². The van der Waals surface area contributed by atoms with Gasteiger partial charge in [-0.1, -0.05) is 0 Å². The monoisotopic (exact) mass is 273 g/mol. The van der Waals surface area contributed by atoms with Crippen LogP contribution in [-0.2, 0) is 4.79 Å². The molecule has 2 fully saturated rings. The highest BCUT2D eigenvalue weighted by Crippen LogP contribution is 2.45. The van der Waals surface area contributed by atoms with Crippen LogP contribution in [0.15, 0.2) is 0 Å². The van der Waals surface area contributed by atoms with Crippen molar-refractivity contribution in [3.05, 3.63) is 0 Å². The van der Waals surface area contributed by atoms with Crippen LogP contribution in [0.1, 0.15) is 19.3 Å². The standard InChI is InChI=1S/C11H19N3O3S/c12-4-1-5-13-11(17)14-8(10(15)16)6-18-9(14)7-2-3-7/h7-9H,1-6,12H2,(H,13,17)(H,15,16). The summed E-state index contributed by atoms with van der Waals surface area (Å²) in [5.41, 5.74) is 5.37. The molecule has 2 aliphatic rings. The van der Waals surface area contributed by atoms with E-state index in [4.69, 9.17) is 10.8 Å². The van der Waals surface area contributed by atoms with E-state index in [0.29, 0.717) is 31.2 Å². The summed E-state index contributed by atoms with van der Waals surface area (Å²) in [4.78, 5) is 24.8. The Morgan fingerprint density at radius 2 is 2.17 bits per heavy atom. The number of aliphatic carboxylic acids is 1. The van der Waals surface area contributed by atoms with Crippen molar-refractivity contribution in [1.29, 1.82) is 0 Å². The molecule has 7 heteroatoms. The van der Waals surface area contributed by atoms with Gasteiger partial charge < -0.3 is 16.2 Å². The largest absolute Gasteiger partial charge is 0.480 e. The van der Waals surface area contributed by atoms with E-state index in [1.54, 1.807) is 11.8 Å². The molecule has 2 atom stereocenters. The van der Waals surface area contributed by atoms with Gasteiger partial charge in [-0.15, -0.1) is 11.8 Å². The molecule has 1 saturated carbocycles. The van der Waals surface area contributed by atoms with Gasteiger partial charge in [0.15, 0.2) is 0 Å². The van der Waals surface area contributed by atoms with E-state index in [2.05, 4.69) is 5.32 Å². The summed E-state index contributed by atoms with van der Waals surface area (Å²) < 4.78 is 0. The lowest BCUT2D eigenvalue weighted by molar-refractivity contribution is -0.141. The highest BCUT2D eigenvalue weighted by atomic mass is 32.2. The predicted molar refractivity (Wildman–Crippen MR) is 69.3 cm³/mol. The number of nitrogens with zero attached hydrogens (tertiary/aromatic N) is 1. The second-order valence-corrected chi connectivity index (χ2v) is 5.85. The van der Waals surface area contributed by atoms with Crippen molar-refractivity contribution in [3.63, 3.8) is 0 Å². The number of hydrogen-bond acceptors (Lipinski definition) is 4. The maximum absolute atomic E-state index is 12.1. The van der Waals surface area contributed by atoms with Gasteiger partial charge in [0.2, 0.25) is 0 Å². The molecular weight excluding hydrogens is 254 g/mol. The third-order valence-corrected chi connectivity index (χ3v) is 4.70. The van der Waals surface area contributed by atoms with Crippen molar-refractivity contribution in [1.82, 2.24) is 10.2 Å². The molecule has 0 bridgehead atoms. The molecule has 2 rings (SSSR count). The average Bonchev–Trinajstić information content (AvgIpc) is 3.07. The van der Waals surface area contributed by atoms with Crippen LogP contribution < -0.4 is 11.1 Å². The van der Waals surface area contributed by atoms with E-state index >= 15 is 0 Å². The molecule has 102 valence electrons. The first-order valence-corrected chi connectivity index (χ1v) is 7.30. The number of nitrogens with two attached hydrogens (primary N) is 1. The zero-order valence-corrected chi connectivity index (χ0v) is 11.0. The number of carbonyl (C=O) groups is 2. The van der Waals surface area contributed by atoms with Crippen molar-refractivity contribution in [3.8, 4) is 0 Å². The van der Waals surface area contributed by atoms with Crippen molar-refractivity contribution < 1.29 is 14.7 Å². The van der Waals surface area contributed by atoms with E-state index in [-0.39, 0.29) is 11.4 Å². The smallest absolute Gasteiger partial charge is 0.327 e. The van der Waals surface area contributed by atoms with E-state index in [1.807, 2.05) is 0 Å². The quantitative estimate of drug-likeness (QED) is 0.625. The maximum atomic E-state index is 12.1. The summed E-state index contributed by atoms with van der Waals surface area (Å²) in [5.74, 6) is 0.0418. The Morgan fingerprint density at radius 3 is 2.72 bits per heavy atom. The number of carboxylic acids is 1. The molecule has 0 aromatic heterocycles. The minimum Gasteiger partial charge on any atom is -0.480 e. The third kappa shape index (κ3) is 2.89. The fraction of sp³-hybridized carbons (Fsp3) is 0.818. The summed E-state index contributed by atoms with van der Waals surface area (Å²) in [6.45, 7) is 1.02. The van der Waals surface area contributed by atoms with Crippen LogP contribution in [0.2, 0.25) is 0 Å². The first kappa shape index (κ1) is 13.5. The molecule has 0 radical (unpaired) electrons. The average molecular weight is 273 g/mol. The molecule has 2 amide bonds. The summed E-state index contributed by atoms with van der Waals surface area (Å²) in [7, 11) is 0. The van der Waals surface area contributed by atoms with Gasteiger partial charge in [0, 0.05) is 12.3 Å². The molecule has 0 spiro atoms. The highest BCUT2D eigenvalue weighted by molar-refractivity contribution is 8.00. The highest BCUT2D eigenvalue weighted by Gasteiger charge is 2.47. The van der Waals surface area contributed by atoms with Gasteiger partial charge in [-0.3, -0.25) is 4.90 Å². The minimum absolute atomic E-state index is 0.0315. The van der Waals surface area contributed by atoms with Crippen molar-refractivity contribution in [2.75, 3.05) is 18.8 Å². The van der Waals surface area contributed by atoms with Crippen LogP contribution >= 0.6 is 11.8 Å². The van der Waals surface area contributed by atoms with Crippen LogP contribution in [0.25, 0.3) is 0 Å². The molecule has 0 aromatic rings. The lowest BCUT2D eigenvalue weighted by atomic mass is 10.2. The van der Waals surface area contributed by atoms with Crippen molar-refractivity contribution in [2.45, 2.75) is 30.7 Å². The van der Waals surface area contributed by atoms with E-state index < -0.39 is 12.0 Å². The van der Waals surface area contributed by atoms with Gasteiger partial charge in [0.05, 0.1) is 5.37 Å². The minimum atomic E-state index is -0.917. The van der Waals surface area contributed by atoms with E-state index in [1.165, 1.54) is 4.90 Å². The second-order valence-electron chi connectivity index (χ2n) is 4.70. The molecular formula is C11H19N3O3S. The Hall–Kier alpha value is -0.950. The fourth-order valence-electron chi connectivity index (χ4n) is 2.11. The van der Waals surface area contributed by atoms with Crippen molar-refractivity contribution >= 4 is 23.8 Å². The molecule has 2 unspecified atom stereocenters. The van der Waals surface area contributed by atoms with Gasteiger partial charge in [-0.05, 0) is 31.7 Å². The maximum Gasteiger partial charge on any atom is 0.327 e.